The molecule has 2 aliphatic rings. The Morgan fingerprint density at radius 1 is 1.11 bits per heavy atom. The molecule has 5 rings (SSSR count). The number of carbonyl (C=O) groups is 1. The van der Waals surface area contributed by atoms with Gasteiger partial charge in [-0.3, -0.25) is 9.79 Å². The van der Waals surface area contributed by atoms with Crippen molar-refractivity contribution in [1.29, 1.82) is 0 Å². The number of halogens is 1. The molecule has 0 saturated carbocycles. The number of anilines is 1. The van der Waals surface area contributed by atoms with Crippen LogP contribution < -0.4 is 24.9 Å². The number of fused-ring (bicyclic) bond motifs is 3. The molecule has 240 valence electrons. The molecule has 45 heavy (non-hydrogen) atoms. The normalized spacial score (nSPS) is 19.2. The number of amides is 1. The second-order valence-corrected chi connectivity index (χ2v) is 11.0. The quantitative estimate of drug-likeness (QED) is 0.162. The third kappa shape index (κ3) is 6.92. The Balaban J connectivity index is 1.63. The van der Waals surface area contributed by atoms with E-state index in [0.717, 1.165) is 42.0 Å². The highest BCUT2D eigenvalue weighted by Gasteiger charge is 2.40. The molecule has 0 radical (unpaired) electrons. The summed E-state index contributed by atoms with van der Waals surface area (Å²) in [7, 11) is 4.57. The van der Waals surface area contributed by atoms with E-state index in [9.17, 15) is 9.18 Å². The number of carbonyl (C=O) groups excluding carboxylic acids is 1. The lowest BCUT2D eigenvalue weighted by molar-refractivity contribution is -0.123. The molecule has 2 aliphatic heterocycles. The number of rotatable bonds is 13. The van der Waals surface area contributed by atoms with Gasteiger partial charge in [-0.05, 0) is 54.7 Å². The van der Waals surface area contributed by atoms with Gasteiger partial charge < -0.3 is 33.5 Å². The van der Waals surface area contributed by atoms with Gasteiger partial charge in [0.05, 0.1) is 5.22 Å². The number of piperazine rings is 1. The first-order valence-electron chi connectivity index (χ1n) is 15.0. The molecule has 0 N–H and O–H groups in total. The first kappa shape index (κ1) is 32.3. The number of aliphatic imine (C=N–C) groups is 1. The van der Waals surface area contributed by atoms with Crippen LogP contribution in [0, 0.1) is 0 Å². The van der Waals surface area contributed by atoms with Crippen LogP contribution in [0.1, 0.15) is 37.8 Å². The monoisotopic (exact) mass is 621 g/mol. The maximum Gasteiger partial charge on any atom is 0.319 e. The van der Waals surface area contributed by atoms with E-state index in [2.05, 4.69) is 22.9 Å². The van der Waals surface area contributed by atoms with E-state index in [0.29, 0.717) is 41.9 Å². The van der Waals surface area contributed by atoms with Gasteiger partial charge in [-0.15, -0.1) is 0 Å². The number of aromatic nitrogens is 2. The maximum atomic E-state index is 14.6. The summed E-state index contributed by atoms with van der Waals surface area (Å²) in [5.74, 6) is 1.13. The van der Waals surface area contributed by atoms with Gasteiger partial charge in [0.2, 0.25) is 6.41 Å². The molecule has 2 aromatic carbocycles. The first-order chi connectivity index (χ1) is 21.9. The smallest absolute Gasteiger partial charge is 0.319 e. The van der Waals surface area contributed by atoms with E-state index in [4.69, 9.17) is 33.7 Å². The fraction of sp³-hybridized carbons (Fsp3) is 0.455. The van der Waals surface area contributed by atoms with Crippen molar-refractivity contribution >= 4 is 41.2 Å². The summed E-state index contributed by atoms with van der Waals surface area (Å²) >= 11 is 0. The highest BCUT2D eigenvalue weighted by Crippen LogP contribution is 2.31. The molecule has 0 spiro atoms. The van der Waals surface area contributed by atoms with Gasteiger partial charge >= 0.3 is 6.01 Å². The van der Waals surface area contributed by atoms with E-state index in [1.165, 1.54) is 19.8 Å². The van der Waals surface area contributed by atoms with Crippen molar-refractivity contribution in [1.82, 2.24) is 14.9 Å². The molecule has 2 saturated heterocycles. The Morgan fingerprint density at radius 2 is 1.87 bits per heavy atom. The minimum Gasteiger partial charge on any atom is -0.468 e. The molecule has 12 heteroatoms. The zero-order valence-corrected chi connectivity index (χ0v) is 26.4. The van der Waals surface area contributed by atoms with Gasteiger partial charge in [0.25, 0.3) is 0 Å². The minimum absolute atomic E-state index is 0.0109. The third-order valence-electron chi connectivity index (χ3n) is 8.41. The van der Waals surface area contributed by atoms with Gasteiger partial charge in [-0.1, -0.05) is 25.1 Å². The van der Waals surface area contributed by atoms with Crippen molar-refractivity contribution in [2.45, 2.75) is 51.5 Å². The number of methoxy groups -OCH3 is 3. The Labute approximate surface area is 261 Å². The molecule has 11 nitrogen and oxygen atoms in total. The van der Waals surface area contributed by atoms with E-state index < -0.39 is 6.29 Å². The average molecular weight is 622 g/mol. The van der Waals surface area contributed by atoms with Crippen molar-refractivity contribution in [3.05, 3.63) is 52.0 Å². The van der Waals surface area contributed by atoms with Gasteiger partial charge in [0.1, 0.15) is 29.9 Å². The Kier molecular flexibility index (Phi) is 10.6. The molecule has 2 bridgehead atoms. The van der Waals surface area contributed by atoms with Crippen LogP contribution in [0.15, 0.2) is 35.3 Å². The van der Waals surface area contributed by atoms with Crippen LogP contribution in [0.25, 0.3) is 23.3 Å². The molecule has 2 unspecified atom stereocenters. The van der Waals surface area contributed by atoms with Crippen LogP contribution in [-0.4, -0.2) is 93.2 Å². The van der Waals surface area contributed by atoms with Crippen molar-refractivity contribution in [2.75, 3.05) is 52.7 Å². The Morgan fingerprint density at radius 3 is 2.51 bits per heavy atom. The predicted molar refractivity (Wildman–Crippen MR) is 170 cm³/mol. The molecule has 3 heterocycles. The van der Waals surface area contributed by atoms with Crippen LogP contribution >= 0.6 is 0 Å². The van der Waals surface area contributed by atoms with E-state index in [1.54, 1.807) is 13.3 Å². The van der Waals surface area contributed by atoms with E-state index in [-0.39, 0.29) is 36.8 Å². The number of nitrogens with zero attached hydrogens (tertiary/aromatic N) is 5. The minimum atomic E-state index is -0.646. The number of ether oxygens (including phenoxy) is 5. The van der Waals surface area contributed by atoms with Gasteiger partial charge in [0, 0.05) is 64.0 Å². The largest absolute Gasteiger partial charge is 0.468 e. The van der Waals surface area contributed by atoms with Crippen LogP contribution in [-0.2, 0) is 25.4 Å². The topological polar surface area (TPSA) is 108 Å². The molecular weight excluding hydrogens is 581 g/mol. The zero-order valence-electron chi connectivity index (χ0n) is 26.4. The second kappa shape index (κ2) is 14.8. The Hall–Kier alpha value is -4.13. The predicted octanol–water partition coefficient (Wildman–Crippen LogP) is 2.94. The molecular formula is C33H40FN5O6. The van der Waals surface area contributed by atoms with E-state index >= 15 is 0 Å². The zero-order chi connectivity index (χ0) is 31.9. The van der Waals surface area contributed by atoms with Gasteiger partial charge in [-0.25, -0.2) is 4.39 Å². The number of aryl methyl sites for hydroxylation is 1. The van der Waals surface area contributed by atoms with Crippen molar-refractivity contribution < 1.29 is 32.9 Å². The van der Waals surface area contributed by atoms with Crippen molar-refractivity contribution in [3.8, 4) is 11.8 Å². The summed E-state index contributed by atoms with van der Waals surface area (Å²) in [5, 5.41) is 2.53. The number of hydrogen-bond acceptors (Lipinski definition) is 10. The SMILES string of the molecule is CCc1cccc2cc(OCOC)cc(C(C)=N/C=c3/c(N4CC5CCC(C4)N5C=O)nc(OCC(OC)OC)n/c3=C\F)c12. The summed E-state index contributed by atoms with van der Waals surface area (Å²) in [4.78, 5) is 29.6. The third-order valence-corrected chi connectivity index (χ3v) is 8.41. The van der Waals surface area contributed by atoms with Crippen LogP contribution in [0.3, 0.4) is 0 Å². The molecule has 0 aliphatic carbocycles. The van der Waals surface area contributed by atoms with Gasteiger partial charge in [0.15, 0.2) is 13.1 Å². The second-order valence-electron chi connectivity index (χ2n) is 11.0. The summed E-state index contributed by atoms with van der Waals surface area (Å²) < 4.78 is 41.7. The Bertz CT molecular complexity index is 1650. The molecule has 1 amide bonds. The highest BCUT2D eigenvalue weighted by atomic mass is 19.1. The summed E-state index contributed by atoms with van der Waals surface area (Å²) in [6.45, 7) is 5.24. The maximum absolute atomic E-state index is 14.6. The van der Waals surface area contributed by atoms with Crippen LogP contribution in [0.4, 0.5) is 10.2 Å². The first-order valence-corrected chi connectivity index (χ1v) is 15.0. The summed E-state index contributed by atoms with van der Waals surface area (Å²) in [6, 6.07) is 10.2. The lowest BCUT2D eigenvalue weighted by Gasteiger charge is -2.39. The summed E-state index contributed by atoms with van der Waals surface area (Å²) in [5.41, 5.74) is 2.77. The van der Waals surface area contributed by atoms with Crippen molar-refractivity contribution in [2.24, 2.45) is 4.99 Å². The van der Waals surface area contributed by atoms with Crippen LogP contribution in [0.2, 0.25) is 0 Å². The number of hydrogen-bond donors (Lipinski definition) is 0. The standard InChI is InChI=1S/C33H40FN5O6/c1-6-22-8-7-9-23-12-26(45-20-41-3)13-27(31(22)23)21(2)35-15-28-29(14-34)36-33(44-18-30(42-4)43-5)37-32(28)38-16-24-10-11-25(17-38)39(24)19-40/h7-9,12-15,19,24-25,30H,6,10-11,16-18,20H2,1-5H3/b28-15+,29-14-,35-21?. The fourth-order valence-corrected chi connectivity index (χ4v) is 6.12. The molecule has 2 fully saturated rings. The fourth-order valence-electron chi connectivity index (χ4n) is 6.12. The van der Waals surface area contributed by atoms with Crippen LogP contribution in [0.5, 0.6) is 11.8 Å². The lowest BCUT2D eigenvalue weighted by atomic mass is 9.95. The molecule has 1 aromatic heterocycles. The van der Waals surface area contributed by atoms with Gasteiger partial charge in [-0.2, -0.15) is 9.97 Å². The molecule has 2 atom stereocenters. The summed E-state index contributed by atoms with van der Waals surface area (Å²) in [6.07, 6.45) is 4.93. The van der Waals surface area contributed by atoms with E-state index in [1.807, 2.05) is 36.1 Å². The average Bonchev–Trinajstić information content (AvgIpc) is 3.32. The van der Waals surface area contributed by atoms with Crippen molar-refractivity contribution in [3.63, 3.8) is 0 Å². The highest BCUT2D eigenvalue weighted by molar-refractivity contribution is 6.12. The molecule has 3 aromatic rings. The number of benzene rings is 2. The lowest BCUT2D eigenvalue weighted by Crippen LogP contribution is -2.55.